The van der Waals surface area contributed by atoms with E-state index in [0.717, 1.165) is 11.6 Å². The van der Waals surface area contributed by atoms with Crippen molar-refractivity contribution in [2.75, 3.05) is 17.7 Å². The minimum atomic E-state index is -0.895. The number of pyridine rings is 1. The molecule has 0 atom stereocenters. The van der Waals surface area contributed by atoms with Crippen molar-refractivity contribution in [3.63, 3.8) is 0 Å². The van der Waals surface area contributed by atoms with E-state index in [9.17, 15) is 18.8 Å². The van der Waals surface area contributed by atoms with Crippen LogP contribution in [0.25, 0.3) is 5.69 Å². The van der Waals surface area contributed by atoms with Gasteiger partial charge in [0.2, 0.25) is 0 Å². The minimum Gasteiger partial charge on any atom is -0.481 e. The van der Waals surface area contributed by atoms with Gasteiger partial charge in [0.05, 0.1) is 17.1 Å². The molecule has 11 nitrogen and oxygen atoms in total. The Labute approximate surface area is 241 Å². The van der Waals surface area contributed by atoms with E-state index in [0.29, 0.717) is 23.6 Å². The number of carbonyl (C=O) groups is 3. The first-order valence-corrected chi connectivity index (χ1v) is 13.1. The summed E-state index contributed by atoms with van der Waals surface area (Å²) in [4.78, 5) is 39.7. The average molecular weight is 575 g/mol. The summed E-state index contributed by atoms with van der Waals surface area (Å²) in [6.07, 6.45) is 1.73. The van der Waals surface area contributed by atoms with E-state index in [2.05, 4.69) is 26.0 Å². The Bertz CT molecular complexity index is 1630. The van der Waals surface area contributed by atoms with Crippen LogP contribution in [0.15, 0.2) is 66.9 Å². The lowest BCUT2D eigenvalue weighted by Crippen LogP contribution is -2.22. The molecule has 4 N–H and O–H groups in total. The van der Waals surface area contributed by atoms with Gasteiger partial charge in [-0.3, -0.25) is 19.9 Å². The highest BCUT2D eigenvalue weighted by molar-refractivity contribution is 5.99. The standard InChI is InChI=1S/C30H31FN6O5/c1-30(2,3)25-17-26(37(36-25)19-7-5-6-18(14-19)8-11-27(38)39)35-29(41)34-23-10-9-20(15-22(23)31)42-21-12-13-33-24(16-21)28(40)32-4/h5-7,9-10,12-17H,8,11H2,1-4H3,(H,32,40)(H,38,39)(H2,34,35,41). The van der Waals surface area contributed by atoms with E-state index in [1.807, 2.05) is 32.9 Å². The fraction of sp³-hybridized carbons (Fsp3) is 0.233. The molecule has 0 aliphatic rings. The Morgan fingerprint density at radius 2 is 1.76 bits per heavy atom. The monoisotopic (exact) mass is 574 g/mol. The number of nitrogens with zero attached hydrogens (tertiary/aromatic N) is 3. The summed E-state index contributed by atoms with van der Waals surface area (Å²) in [5, 5.41) is 21.4. The number of aromatic nitrogens is 3. The number of halogens is 1. The predicted octanol–water partition coefficient (Wildman–Crippen LogP) is 5.52. The van der Waals surface area contributed by atoms with Gasteiger partial charge in [-0.25, -0.2) is 13.9 Å². The van der Waals surface area contributed by atoms with Crippen molar-refractivity contribution in [2.45, 2.75) is 39.0 Å². The molecule has 0 unspecified atom stereocenters. The van der Waals surface area contributed by atoms with Crippen LogP contribution >= 0.6 is 0 Å². The fourth-order valence-electron chi connectivity index (χ4n) is 3.92. The van der Waals surface area contributed by atoms with Gasteiger partial charge in [0.15, 0.2) is 0 Å². The lowest BCUT2D eigenvalue weighted by Gasteiger charge is -2.14. The highest BCUT2D eigenvalue weighted by Crippen LogP contribution is 2.28. The third-order valence-corrected chi connectivity index (χ3v) is 6.12. The largest absolute Gasteiger partial charge is 0.481 e. The summed E-state index contributed by atoms with van der Waals surface area (Å²) >= 11 is 0. The van der Waals surface area contributed by atoms with Gasteiger partial charge in [-0.2, -0.15) is 5.10 Å². The molecule has 4 rings (SSSR count). The number of urea groups is 1. The zero-order valence-electron chi connectivity index (χ0n) is 23.6. The van der Waals surface area contributed by atoms with E-state index >= 15 is 0 Å². The molecule has 2 aromatic heterocycles. The Morgan fingerprint density at radius 3 is 2.45 bits per heavy atom. The number of benzene rings is 2. The maximum atomic E-state index is 14.9. The Morgan fingerprint density at radius 1 is 1.00 bits per heavy atom. The van der Waals surface area contributed by atoms with E-state index in [-0.39, 0.29) is 40.6 Å². The normalized spacial score (nSPS) is 11.1. The second-order valence-corrected chi connectivity index (χ2v) is 10.4. The molecule has 42 heavy (non-hydrogen) atoms. The molecule has 3 amide bonds. The van der Waals surface area contributed by atoms with Crippen molar-refractivity contribution < 1.29 is 28.6 Å². The summed E-state index contributed by atoms with van der Waals surface area (Å²) in [6.45, 7) is 5.95. The van der Waals surface area contributed by atoms with Crippen LogP contribution in [0.1, 0.15) is 48.9 Å². The fourth-order valence-corrected chi connectivity index (χ4v) is 3.92. The first-order chi connectivity index (χ1) is 19.9. The molecule has 0 aliphatic heterocycles. The SMILES string of the molecule is CNC(=O)c1cc(Oc2ccc(NC(=O)Nc3cc(C(C)(C)C)nn3-c3cccc(CCC(=O)O)c3)c(F)c2)ccn1. The number of hydrogen-bond acceptors (Lipinski definition) is 6. The van der Waals surface area contributed by atoms with Crippen LogP contribution in [0.4, 0.5) is 20.7 Å². The Hall–Kier alpha value is -5.26. The molecular weight excluding hydrogens is 543 g/mol. The number of carboxylic acids is 1. The van der Waals surface area contributed by atoms with Crippen molar-refractivity contribution in [2.24, 2.45) is 0 Å². The number of aliphatic carboxylic acids is 1. The molecule has 12 heteroatoms. The second kappa shape index (κ2) is 12.5. The molecule has 0 fully saturated rings. The molecule has 0 spiro atoms. The van der Waals surface area contributed by atoms with Gasteiger partial charge >= 0.3 is 12.0 Å². The average Bonchev–Trinajstić information content (AvgIpc) is 3.37. The highest BCUT2D eigenvalue weighted by atomic mass is 19.1. The van der Waals surface area contributed by atoms with Crippen LogP contribution in [-0.2, 0) is 16.6 Å². The van der Waals surface area contributed by atoms with Crippen LogP contribution in [-0.4, -0.2) is 44.8 Å². The van der Waals surface area contributed by atoms with Crippen LogP contribution in [0.5, 0.6) is 11.5 Å². The van der Waals surface area contributed by atoms with Gasteiger partial charge < -0.3 is 20.5 Å². The molecule has 2 heterocycles. The van der Waals surface area contributed by atoms with Gasteiger partial charge in [-0.15, -0.1) is 0 Å². The molecule has 218 valence electrons. The predicted molar refractivity (Wildman–Crippen MR) is 155 cm³/mol. The molecule has 0 saturated heterocycles. The number of amides is 3. The maximum Gasteiger partial charge on any atom is 0.324 e. The number of anilines is 2. The molecule has 0 saturated carbocycles. The maximum absolute atomic E-state index is 14.9. The van der Waals surface area contributed by atoms with E-state index in [1.165, 1.54) is 37.5 Å². The third kappa shape index (κ3) is 7.47. The number of carbonyl (C=O) groups excluding carboxylic acids is 2. The summed E-state index contributed by atoms with van der Waals surface area (Å²) in [5.74, 6) is -1.23. The smallest absolute Gasteiger partial charge is 0.324 e. The molecule has 4 aromatic rings. The number of ether oxygens (including phenoxy) is 1. The van der Waals surface area contributed by atoms with Gasteiger partial charge in [-0.05, 0) is 42.3 Å². The first kappa shape index (κ1) is 29.7. The van der Waals surface area contributed by atoms with Crippen LogP contribution in [0.3, 0.4) is 0 Å². The van der Waals surface area contributed by atoms with Crippen molar-refractivity contribution in [1.29, 1.82) is 0 Å². The molecule has 0 aliphatic carbocycles. The van der Waals surface area contributed by atoms with Crippen molar-refractivity contribution in [3.8, 4) is 17.2 Å². The second-order valence-electron chi connectivity index (χ2n) is 10.4. The topological polar surface area (TPSA) is 147 Å². The van der Waals surface area contributed by atoms with Crippen LogP contribution < -0.4 is 20.7 Å². The molecule has 2 aromatic carbocycles. The van der Waals surface area contributed by atoms with Crippen molar-refractivity contribution >= 4 is 29.4 Å². The van der Waals surface area contributed by atoms with E-state index in [1.54, 1.807) is 22.9 Å². The number of carboxylic acid groups (broad SMARTS) is 1. The highest BCUT2D eigenvalue weighted by Gasteiger charge is 2.22. The van der Waals surface area contributed by atoms with Gasteiger partial charge in [0.1, 0.15) is 28.8 Å². The van der Waals surface area contributed by atoms with Gasteiger partial charge in [0.25, 0.3) is 5.91 Å². The van der Waals surface area contributed by atoms with Crippen molar-refractivity contribution in [3.05, 3.63) is 89.6 Å². The Balaban J connectivity index is 1.51. The first-order valence-electron chi connectivity index (χ1n) is 13.1. The number of rotatable bonds is 9. The molecule has 0 radical (unpaired) electrons. The summed E-state index contributed by atoms with van der Waals surface area (Å²) in [7, 11) is 1.48. The zero-order chi connectivity index (χ0) is 30.4. The van der Waals surface area contributed by atoms with Crippen LogP contribution in [0.2, 0.25) is 0 Å². The van der Waals surface area contributed by atoms with Gasteiger partial charge in [0, 0.05) is 43.3 Å². The zero-order valence-corrected chi connectivity index (χ0v) is 23.6. The molecular formula is C30H31FN6O5. The number of nitrogens with one attached hydrogen (secondary N) is 3. The van der Waals surface area contributed by atoms with Gasteiger partial charge in [-0.1, -0.05) is 32.9 Å². The van der Waals surface area contributed by atoms with Crippen molar-refractivity contribution in [1.82, 2.24) is 20.1 Å². The number of aryl methyl sites for hydroxylation is 1. The molecule has 0 bridgehead atoms. The summed E-state index contributed by atoms with van der Waals surface area (Å²) in [6, 6.07) is 15.2. The Kier molecular flexibility index (Phi) is 8.84. The van der Waals surface area contributed by atoms with E-state index in [4.69, 9.17) is 9.84 Å². The lowest BCUT2D eigenvalue weighted by atomic mass is 9.92. The van der Waals surface area contributed by atoms with Crippen LogP contribution in [0, 0.1) is 5.82 Å². The number of hydrogen-bond donors (Lipinski definition) is 4. The summed E-state index contributed by atoms with van der Waals surface area (Å²) < 4.78 is 22.1. The summed E-state index contributed by atoms with van der Waals surface area (Å²) in [5.41, 5.74) is 1.87. The third-order valence-electron chi connectivity index (χ3n) is 6.12. The quantitative estimate of drug-likeness (QED) is 0.206. The minimum absolute atomic E-state index is 0.0156. The lowest BCUT2D eigenvalue weighted by molar-refractivity contribution is -0.136. The van der Waals surface area contributed by atoms with E-state index < -0.39 is 17.8 Å².